The van der Waals surface area contributed by atoms with E-state index in [2.05, 4.69) is 0 Å². The van der Waals surface area contributed by atoms with Crippen molar-refractivity contribution < 1.29 is 19.2 Å². The Bertz CT molecular complexity index is 887. The average Bonchev–Trinajstić information content (AvgIpc) is 2.62. The minimum Gasteiger partial charge on any atom is -0.289 e. The molecule has 0 heterocycles. The van der Waals surface area contributed by atoms with Gasteiger partial charge in [-0.25, -0.2) is 0 Å². The van der Waals surface area contributed by atoms with Crippen LogP contribution >= 0.6 is 0 Å². The minimum atomic E-state index is -0.436. The molecule has 4 rings (SSSR count). The predicted octanol–water partition coefficient (Wildman–Crippen LogP) is 3.09. The number of hydrogen-bond donors (Lipinski definition) is 0. The van der Waals surface area contributed by atoms with Gasteiger partial charge in [0, 0.05) is 16.7 Å². The number of carbonyl (C=O) groups is 4. The van der Waals surface area contributed by atoms with E-state index in [1.54, 1.807) is 42.5 Å². The third-order valence-corrected chi connectivity index (χ3v) is 3.69. The van der Waals surface area contributed by atoms with E-state index in [0.717, 1.165) is 5.56 Å². The number of Topliss-reactive ketones (excluding diaryl/α,β-unsaturated/α-hetero) is 1. The highest BCUT2D eigenvalue weighted by molar-refractivity contribution is 6.49. The quantitative estimate of drug-likeness (QED) is 0.700. The van der Waals surface area contributed by atoms with Gasteiger partial charge in [-0.05, 0) is 23.8 Å². The summed E-state index contributed by atoms with van der Waals surface area (Å²) in [7, 11) is 0. The summed E-state index contributed by atoms with van der Waals surface area (Å²) >= 11 is 0. The zero-order valence-corrected chi connectivity index (χ0v) is 12.6. The Morgan fingerprint density at radius 3 is 1.50 bits per heavy atom. The lowest BCUT2D eigenvalue weighted by atomic mass is 9.95. The largest absolute Gasteiger partial charge is 0.289 e. The van der Waals surface area contributed by atoms with Crippen LogP contribution in [0.25, 0.3) is 6.08 Å². The van der Waals surface area contributed by atoms with E-state index in [0.29, 0.717) is 16.7 Å². The molecule has 0 N–H and O–H groups in total. The van der Waals surface area contributed by atoms with Crippen LogP contribution in [0.4, 0.5) is 0 Å². The number of carbonyl (C=O) groups excluding carboxylic acids is 4. The third-order valence-electron chi connectivity index (χ3n) is 3.69. The number of allylic oxidation sites excluding steroid dienone is 3. The van der Waals surface area contributed by atoms with Crippen molar-refractivity contribution in [3.8, 4) is 0 Å². The zero-order valence-electron chi connectivity index (χ0n) is 12.6. The molecule has 0 saturated heterocycles. The fourth-order valence-electron chi connectivity index (χ4n) is 2.47. The number of hydrogen-bond acceptors (Lipinski definition) is 4. The molecule has 0 aromatic heterocycles. The molecule has 4 nitrogen and oxygen atoms in total. The van der Waals surface area contributed by atoms with Crippen LogP contribution in [0, 0.1) is 0 Å². The highest BCUT2D eigenvalue weighted by atomic mass is 16.2. The molecule has 0 saturated carbocycles. The van der Waals surface area contributed by atoms with Crippen molar-refractivity contribution in [1.82, 2.24) is 0 Å². The maximum Gasteiger partial charge on any atom is 0.233 e. The second kappa shape index (κ2) is 6.38. The first-order chi connectivity index (χ1) is 11.6. The zero-order chi connectivity index (χ0) is 17.1. The molecule has 0 amide bonds. The number of ketones is 4. The Kier molecular flexibility index (Phi) is 4.12. The van der Waals surface area contributed by atoms with Gasteiger partial charge in [-0.1, -0.05) is 54.6 Å². The Morgan fingerprint density at radius 2 is 0.917 bits per heavy atom. The molecule has 116 valence electrons. The highest BCUT2D eigenvalue weighted by Crippen LogP contribution is 2.16. The van der Waals surface area contributed by atoms with Crippen LogP contribution in [0.5, 0.6) is 0 Å². The lowest BCUT2D eigenvalue weighted by molar-refractivity contribution is -0.110. The SMILES string of the molecule is O=C1C=CC(=O)c2ccccc21.O=C1C=Cc2ccccc2C1=O. The van der Waals surface area contributed by atoms with E-state index >= 15 is 0 Å². The van der Waals surface area contributed by atoms with Gasteiger partial charge in [0.2, 0.25) is 11.6 Å². The van der Waals surface area contributed by atoms with E-state index in [1.165, 1.54) is 18.2 Å². The van der Waals surface area contributed by atoms with E-state index < -0.39 is 11.6 Å². The topological polar surface area (TPSA) is 68.3 Å². The molecule has 2 aromatic carbocycles. The Balaban J connectivity index is 0.000000141. The van der Waals surface area contributed by atoms with Gasteiger partial charge in [0.25, 0.3) is 0 Å². The Hall–Kier alpha value is -3.40. The lowest BCUT2D eigenvalue weighted by Crippen LogP contribution is -2.15. The fraction of sp³-hybridized carbons (Fsp3) is 0. The Morgan fingerprint density at radius 1 is 0.458 bits per heavy atom. The normalized spacial score (nSPS) is 14.7. The van der Waals surface area contributed by atoms with Crippen molar-refractivity contribution in [3.05, 3.63) is 89.0 Å². The van der Waals surface area contributed by atoms with Crippen molar-refractivity contribution >= 4 is 29.2 Å². The molecule has 2 aliphatic rings. The summed E-state index contributed by atoms with van der Waals surface area (Å²) in [5, 5.41) is 0. The van der Waals surface area contributed by atoms with Gasteiger partial charge in [0.1, 0.15) is 0 Å². The van der Waals surface area contributed by atoms with Crippen molar-refractivity contribution in [1.29, 1.82) is 0 Å². The van der Waals surface area contributed by atoms with Crippen LogP contribution in [-0.2, 0) is 4.79 Å². The molecule has 2 aromatic rings. The first-order valence-electron chi connectivity index (χ1n) is 7.29. The third kappa shape index (κ3) is 2.90. The smallest absolute Gasteiger partial charge is 0.233 e. The molecule has 0 fully saturated rings. The van der Waals surface area contributed by atoms with E-state index in [9.17, 15) is 19.2 Å². The standard InChI is InChI=1S/2C10H6O2/c11-9-5-6-10(12)8-4-2-1-3-7(8)9;11-9-6-5-7-3-1-2-4-8(7)10(9)12/h2*1-6H. The van der Waals surface area contributed by atoms with Crippen molar-refractivity contribution in [2.45, 2.75) is 0 Å². The summed E-state index contributed by atoms with van der Waals surface area (Å²) in [5.41, 5.74) is 2.34. The van der Waals surface area contributed by atoms with Crippen LogP contribution in [0.1, 0.15) is 36.6 Å². The van der Waals surface area contributed by atoms with Crippen LogP contribution < -0.4 is 0 Å². The van der Waals surface area contributed by atoms with Gasteiger partial charge >= 0.3 is 0 Å². The average molecular weight is 316 g/mol. The predicted molar refractivity (Wildman–Crippen MR) is 89.1 cm³/mol. The van der Waals surface area contributed by atoms with Crippen molar-refractivity contribution in [3.63, 3.8) is 0 Å². The van der Waals surface area contributed by atoms with Gasteiger partial charge < -0.3 is 0 Å². The van der Waals surface area contributed by atoms with Crippen LogP contribution in [0.2, 0.25) is 0 Å². The van der Waals surface area contributed by atoms with E-state index in [4.69, 9.17) is 0 Å². The molecular formula is C20H12O4. The summed E-state index contributed by atoms with van der Waals surface area (Å²) in [6, 6.07) is 13.9. The number of rotatable bonds is 0. The second-order valence-corrected chi connectivity index (χ2v) is 5.22. The summed E-state index contributed by atoms with van der Waals surface area (Å²) in [6.07, 6.45) is 5.60. The van der Waals surface area contributed by atoms with Gasteiger partial charge in [0.15, 0.2) is 11.6 Å². The first-order valence-corrected chi connectivity index (χ1v) is 7.29. The molecule has 0 bridgehead atoms. The molecule has 0 atom stereocenters. The van der Waals surface area contributed by atoms with Gasteiger partial charge in [0.05, 0.1) is 0 Å². The van der Waals surface area contributed by atoms with Gasteiger partial charge in [-0.3, -0.25) is 19.2 Å². The summed E-state index contributed by atoms with van der Waals surface area (Å²) in [6.45, 7) is 0. The van der Waals surface area contributed by atoms with Gasteiger partial charge in [-0.15, -0.1) is 0 Å². The van der Waals surface area contributed by atoms with Crippen LogP contribution in [0.15, 0.2) is 66.8 Å². The van der Waals surface area contributed by atoms with Crippen molar-refractivity contribution in [2.75, 3.05) is 0 Å². The van der Waals surface area contributed by atoms with Crippen LogP contribution in [0.3, 0.4) is 0 Å². The molecule has 24 heavy (non-hydrogen) atoms. The Labute approximate surface area is 138 Å². The molecule has 4 heteroatoms. The maximum atomic E-state index is 11.2. The maximum absolute atomic E-state index is 11.2. The second-order valence-electron chi connectivity index (χ2n) is 5.22. The van der Waals surface area contributed by atoms with E-state index in [1.807, 2.05) is 12.1 Å². The lowest BCUT2D eigenvalue weighted by Gasteiger charge is -2.06. The summed E-state index contributed by atoms with van der Waals surface area (Å²) in [5.74, 6) is -1.03. The highest BCUT2D eigenvalue weighted by Gasteiger charge is 2.19. The molecule has 0 radical (unpaired) electrons. The molecule has 2 aliphatic carbocycles. The summed E-state index contributed by atoms with van der Waals surface area (Å²) in [4.78, 5) is 44.5. The van der Waals surface area contributed by atoms with Crippen LogP contribution in [-0.4, -0.2) is 23.1 Å². The number of benzene rings is 2. The van der Waals surface area contributed by atoms with Gasteiger partial charge in [-0.2, -0.15) is 0 Å². The molecule has 0 unspecified atom stereocenters. The molecular weight excluding hydrogens is 304 g/mol. The fourth-order valence-corrected chi connectivity index (χ4v) is 2.47. The molecule has 0 aliphatic heterocycles. The first kappa shape index (κ1) is 15.5. The van der Waals surface area contributed by atoms with Crippen molar-refractivity contribution in [2.24, 2.45) is 0 Å². The minimum absolute atomic E-state index is 0.0924. The molecule has 0 spiro atoms. The number of fused-ring (bicyclic) bond motifs is 2. The summed E-state index contributed by atoms with van der Waals surface area (Å²) < 4.78 is 0. The van der Waals surface area contributed by atoms with E-state index in [-0.39, 0.29) is 11.6 Å². The monoisotopic (exact) mass is 316 g/mol.